The first-order chi connectivity index (χ1) is 10.1. The number of aryl methyl sites for hydroxylation is 1. The van der Waals surface area contributed by atoms with Crippen molar-refractivity contribution in [2.24, 2.45) is 0 Å². The van der Waals surface area contributed by atoms with Crippen molar-refractivity contribution in [3.63, 3.8) is 0 Å². The van der Waals surface area contributed by atoms with Gasteiger partial charge in [-0.3, -0.25) is 0 Å². The van der Waals surface area contributed by atoms with Gasteiger partial charge in [0.2, 0.25) is 0 Å². The van der Waals surface area contributed by atoms with E-state index in [4.69, 9.17) is 0 Å². The van der Waals surface area contributed by atoms with Crippen molar-refractivity contribution in [2.75, 3.05) is 0 Å². The average molecular weight is 345 g/mol. The lowest BCUT2D eigenvalue weighted by atomic mass is 10.1. The van der Waals surface area contributed by atoms with E-state index >= 15 is 0 Å². The van der Waals surface area contributed by atoms with Gasteiger partial charge in [0, 0.05) is 17.2 Å². The van der Waals surface area contributed by atoms with Crippen molar-refractivity contribution >= 4 is 28.0 Å². The van der Waals surface area contributed by atoms with Gasteiger partial charge < -0.3 is 10.6 Å². The highest BCUT2D eigenvalue weighted by Crippen LogP contribution is 2.10. The highest BCUT2D eigenvalue weighted by molar-refractivity contribution is 9.10. The molecule has 0 spiro atoms. The maximum absolute atomic E-state index is 11.6. The van der Waals surface area contributed by atoms with Crippen LogP contribution in [0.1, 0.15) is 16.7 Å². The number of rotatable bonds is 4. The van der Waals surface area contributed by atoms with E-state index in [0.29, 0.717) is 6.54 Å². The molecule has 2 aromatic carbocycles. The fraction of sp³-hybridized carbons (Fsp3) is 0.118. The van der Waals surface area contributed by atoms with E-state index in [1.807, 2.05) is 61.5 Å². The van der Waals surface area contributed by atoms with Gasteiger partial charge in [0.05, 0.1) is 0 Å². The van der Waals surface area contributed by atoms with Crippen LogP contribution in [0.15, 0.2) is 59.2 Å². The normalized spacial score (nSPS) is 10.6. The average Bonchev–Trinajstić information content (AvgIpc) is 2.49. The predicted octanol–water partition coefficient (Wildman–Crippen LogP) is 4.23. The SMILES string of the molecule is Cc1ccc(/C=C/NC(=O)NCc2ccc(Br)cc2)cc1. The van der Waals surface area contributed by atoms with Crippen LogP contribution in [0.25, 0.3) is 6.08 Å². The smallest absolute Gasteiger partial charge is 0.319 e. The van der Waals surface area contributed by atoms with E-state index in [1.54, 1.807) is 6.20 Å². The van der Waals surface area contributed by atoms with Crippen LogP contribution < -0.4 is 10.6 Å². The van der Waals surface area contributed by atoms with Crippen molar-refractivity contribution < 1.29 is 4.79 Å². The summed E-state index contributed by atoms with van der Waals surface area (Å²) in [6.07, 6.45) is 3.50. The van der Waals surface area contributed by atoms with Crippen LogP contribution in [-0.2, 0) is 6.54 Å². The summed E-state index contributed by atoms with van der Waals surface area (Å²) in [6.45, 7) is 2.54. The Labute approximate surface area is 133 Å². The lowest BCUT2D eigenvalue weighted by Crippen LogP contribution is -2.31. The lowest BCUT2D eigenvalue weighted by Gasteiger charge is -2.05. The van der Waals surface area contributed by atoms with E-state index in [2.05, 4.69) is 26.6 Å². The summed E-state index contributed by atoms with van der Waals surface area (Å²) >= 11 is 3.38. The molecule has 0 aromatic heterocycles. The Morgan fingerprint density at radius 2 is 1.76 bits per heavy atom. The van der Waals surface area contributed by atoms with Crippen molar-refractivity contribution in [3.8, 4) is 0 Å². The van der Waals surface area contributed by atoms with E-state index in [1.165, 1.54) is 5.56 Å². The quantitative estimate of drug-likeness (QED) is 0.856. The lowest BCUT2D eigenvalue weighted by molar-refractivity contribution is 0.244. The molecule has 0 unspecified atom stereocenters. The van der Waals surface area contributed by atoms with Crippen molar-refractivity contribution in [2.45, 2.75) is 13.5 Å². The molecule has 3 nitrogen and oxygen atoms in total. The molecule has 0 radical (unpaired) electrons. The zero-order chi connectivity index (χ0) is 15.1. The van der Waals surface area contributed by atoms with Gasteiger partial charge in [-0.1, -0.05) is 57.9 Å². The molecule has 0 heterocycles. The molecule has 0 atom stereocenters. The van der Waals surface area contributed by atoms with Gasteiger partial charge in [-0.05, 0) is 36.3 Å². The topological polar surface area (TPSA) is 41.1 Å². The molecule has 0 saturated heterocycles. The Hall–Kier alpha value is -2.07. The summed E-state index contributed by atoms with van der Waals surface area (Å²) in [7, 11) is 0. The first kappa shape index (κ1) is 15.3. The number of benzene rings is 2. The van der Waals surface area contributed by atoms with Gasteiger partial charge >= 0.3 is 6.03 Å². The molecule has 2 rings (SSSR count). The van der Waals surface area contributed by atoms with Crippen molar-refractivity contribution in [3.05, 3.63) is 75.9 Å². The molecule has 2 aromatic rings. The molecule has 2 N–H and O–H groups in total. The van der Waals surface area contributed by atoms with Gasteiger partial charge in [0.1, 0.15) is 0 Å². The Kier molecular flexibility index (Phi) is 5.58. The Morgan fingerprint density at radius 1 is 1.10 bits per heavy atom. The fourth-order valence-electron chi connectivity index (χ4n) is 1.73. The van der Waals surface area contributed by atoms with Gasteiger partial charge in [-0.15, -0.1) is 0 Å². The van der Waals surface area contributed by atoms with Crippen LogP contribution in [0.2, 0.25) is 0 Å². The number of halogens is 1. The number of amides is 2. The number of nitrogens with one attached hydrogen (secondary N) is 2. The Bertz CT molecular complexity index is 618. The molecule has 0 bridgehead atoms. The summed E-state index contributed by atoms with van der Waals surface area (Å²) < 4.78 is 1.02. The molecule has 0 aliphatic heterocycles. The molecule has 0 saturated carbocycles. The zero-order valence-electron chi connectivity index (χ0n) is 11.8. The minimum Gasteiger partial charge on any atom is -0.334 e. The number of carbonyl (C=O) groups is 1. The second-order valence-corrected chi connectivity index (χ2v) is 5.61. The summed E-state index contributed by atoms with van der Waals surface area (Å²) in [6, 6.07) is 15.7. The molecule has 0 fully saturated rings. The molecule has 108 valence electrons. The van der Waals surface area contributed by atoms with Gasteiger partial charge in [0.15, 0.2) is 0 Å². The standard InChI is InChI=1S/C17H17BrN2O/c1-13-2-4-14(5-3-13)10-11-19-17(21)20-12-15-6-8-16(18)9-7-15/h2-11H,12H2,1H3,(H2,19,20,21)/b11-10+. The maximum Gasteiger partial charge on any atom is 0.319 e. The van der Waals surface area contributed by atoms with Gasteiger partial charge in [0.25, 0.3) is 0 Å². The van der Waals surface area contributed by atoms with Gasteiger partial charge in [-0.25, -0.2) is 4.79 Å². The third-order valence-electron chi connectivity index (χ3n) is 2.93. The van der Waals surface area contributed by atoms with E-state index < -0.39 is 0 Å². The van der Waals surface area contributed by atoms with Crippen molar-refractivity contribution in [1.29, 1.82) is 0 Å². The predicted molar refractivity (Wildman–Crippen MR) is 89.7 cm³/mol. The highest BCUT2D eigenvalue weighted by Gasteiger charge is 1.97. The summed E-state index contributed by atoms with van der Waals surface area (Å²) in [5, 5.41) is 5.48. The number of hydrogen-bond donors (Lipinski definition) is 2. The van der Waals surface area contributed by atoms with Crippen LogP contribution in [0.4, 0.5) is 4.79 Å². The fourth-order valence-corrected chi connectivity index (χ4v) is 1.99. The molecule has 0 aliphatic rings. The third kappa shape index (κ3) is 5.44. The molecule has 0 aliphatic carbocycles. The van der Waals surface area contributed by atoms with E-state index in [-0.39, 0.29) is 6.03 Å². The molecular weight excluding hydrogens is 328 g/mol. The molecule has 21 heavy (non-hydrogen) atoms. The van der Waals surface area contributed by atoms with E-state index in [9.17, 15) is 4.79 Å². The molecular formula is C17H17BrN2O. The molecule has 2 amide bonds. The first-order valence-electron chi connectivity index (χ1n) is 6.65. The third-order valence-corrected chi connectivity index (χ3v) is 3.46. The number of hydrogen-bond acceptors (Lipinski definition) is 1. The van der Waals surface area contributed by atoms with Crippen molar-refractivity contribution in [1.82, 2.24) is 10.6 Å². The summed E-state index contributed by atoms with van der Waals surface area (Å²) in [5.74, 6) is 0. The molecule has 4 heteroatoms. The second kappa shape index (κ2) is 7.64. The van der Waals surface area contributed by atoms with Crippen LogP contribution >= 0.6 is 15.9 Å². The summed E-state index contributed by atoms with van der Waals surface area (Å²) in [5.41, 5.74) is 3.32. The monoisotopic (exact) mass is 344 g/mol. The highest BCUT2D eigenvalue weighted by atomic mass is 79.9. The Balaban J connectivity index is 1.77. The maximum atomic E-state index is 11.6. The van der Waals surface area contributed by atoms with E-state index in [0.717, 1.165) is 15.6 Å². The number of carbonyl (C=O) groups excluding carboxylic acids is 1. The van der Waals surface area contributed by atoms with Crippen LogP contribution in [0.3, 0.4) is 0 Å². The summed E-state index contributed by atoms with van der Waals surface area (Å²) in [4.78, 5) is 11.6. The van der Waals surface area contributed by atoms with Crippen LogP contribution in [0, 0.1) is 6.92 Å². The zero-order valence-corrected chi connectivity index (χ0v) is 13.4. The minimum atomic E-state index is -0.221. The Morgan fingerprint density at radius 3 is 2.43 bits per heavy atom. The second-order valence-electron chi connectivity index (χ2n) is 4.70. The van der Waals surface area contributed by atoms with Crippen LogP contribution in [0.5, 0.6) is 0 Å². The number of urea groups is 1. The largest absolute Gasteiger partial charge is 0.334 e. The van der Waals surface area contributed by atoms with Crippen LogP contribution in [-0.4, -0.2) is 6.03 Å². The first-order valence-corrected chi connectivity index (χ1v) is 7.45. The van der Waals surface area contributed by atoms with Gasteiger partial charge in [-0.2, -0.15) is 0 Å². The minimum absolute atomic E-state index is 0.221.